The van der Waals surface area contributed by atoms with Crippen LogP contribution < -0.4 is 11.1 Å². The third-order valence-corrected chi connectivity index (χ3v) is 3.07. The van der Waals surface area contributed by atoms with Gasteiger partial charge in [-0.05, 0) is 32.1 Å². The van der Waals surface area contributed by atoms with Crippen LogP contribution in [0, 0.1) is 11.3 Å². The number of nitrogens with one attached hydrogen (secondary N) is 1. The quantitative estimate of drug-likeness (QED) is 0.715. The highest BCUT2D eigenvalue weighted by Gasteiger charge is 2.20. The molecule has 14 heavy (non-hydrogen) atoms. The molecule has 0 radical (unpaired) electrons. The zero-order valence-electron chi connectivity index (χ0n) is 9.00. The van der Waals surface area contributed by atoms with Crippen LogP contribution in [0.15, 0.2) is 0 Å². The van der Waals surface area contributed by atoms with Crippen LogP contribution in [0.2, 0.25) is 0 Å². The molecule has 1 aliphatic carbocycles. The van der Waals surface area contributed by atoms with Gasteiger partial charge in [0.15, 0.2) is 0 Å². The molecule has 1 unspecified atom stereocenters. The first-order chi connectivity index (χ1) is 6.76. The van der Waals surface area contributed by atoms with Crippen molar-refractivity contribution < 1.29 is 0 Å². The zero-order chi connectivity index (χ0) is 10.4. The molecule has 0 spiro atoms. The molecule has 3 N–H and O–H groups in total. The lowest BCUT2D eigenvalue weighted by Gasteiger charge is -2.29. The Hall–Kier alpha value is -0.590. The SMILES string of the molecule is CCC(CC#N)NC1CCC(N)CC1. The summed E-state index contributed by atoms with van der Waals surface area (Å²) >= 11 is 0. The molecule has 0 aromatic rings. The number of rotatable bonds is 4. The van der Waals surface area contributed by atoms with Gasteiger partial charge in [0.1, 0.15) is 0 Å². The van der Waals surface area contributed by atoms with Crippen molar-refractivity contribution in [2.24, 2.45) is 5.73 Å². The van der Waals surface area contributed by atoms with Gasteiger partial charge in [0.25, 0.3) is 0 Å². The molecule has 3 heteroatoms. The Labute approximate surface area is 86.7 Å². The van der Waals surface area contributed by atoms with Gasteiger partial charge < -0.3 is 11.1 Å². The summed E-state index contributed by atoms with van der Waals surface area (Å²) in [6.07, 6.45) is 6.25. The van der Waals surface area contributed by atoms with E-state index in [1.807, 2.05) is 0 Å². The van der Waals surface area contributed by atoms with Crippen molar-refractivity contribution in [2.45, 2.75) is 63.6 Å². The maximum Gasteiger partial charge on any atom is 0.0638 e. The molecule has 0 amide bonds. The molecule has 0 bridgehead atoms. The van der Waals surface area contributed by atoms with Crippen molar-refractivity contribution in [3.05, 3.63) is 0 Å². The Bertz CT molecular complexity index is 189. The van der Waals surface area contributed by atoms with Gasteiger partial charge in [0, 0.05) is 18.1 Å². The van der Waals surface area contributed by atoms with Crippen LogP contribution in [-0.4, -0.2) is 18.1 Å². The van der Waals surface area contributed by atoms with Gasteiger partial charge in [-0.15, -0.1) is 0 Å². The van der Waals surface area contributed by atoms with E-state index in [0.717, 1.165) is 19.3 Å². The van der Waals surface area contributed by atoms with E-state index in [9.17, 15) is 0 Å². The van der Waals surface area contributed by atoms with Crippen molar-refractivity contribution in [1.29, 1.82) is 5.26 Å². The minimum Gasteiger partial charge on any atom is -0.328 e. The third kappa shape index (κ3) is 3.65. The van der Waals surface area contributed by atoms with Gasteiger partial charge in [-0.2, -0.15) is 5.26 Å². The molecule has 1 rings (SSSR count). The molecule has 1 fully saturated rings. The van der Waals surface area contributed by atoms with Gasteiger partial charge in [-0.25, -0.2) is 0 Å². The Morgan fingerprint density at radius 2 is 2.07 bits per heavy atom. The summed E-state index contributed by atoms with van der Waals surface area (Å²) in [6.45, 7) is 2.13. The number of hydrogen-bond donors (Lipinski definition) is 2. The summed E-state index contributed by atoms with van der Waals surface area (Å²) in [6, 6.07) is 3.60. The van der Waals surface area contributed by atoms with E-state index < -0.39 is 0 Å². The molecule has 80 valence electrons. The first-order valence-corrected chi connectivity index (χ1v) is 5.64. The molecule has 1 saturated carbocycles. The Morgan fingerprint density at radius 1 is 1.43 bits per heavy atom. The lowest BCUT2D eigenvalue weighted by atomic mass is 9.91. The molecule has 0 heterocycles. The fourth-order valence-electron chi connectivity index (χ4n) is 2.05. The van der Waals surface area contributed by atoms with E-state index >= 15 is 0 Å². The summed E-state index contributed by atoms with van der Waals surface area (Å²) in [5.41, 5.74) is 5.84. The number of nitrogens with two attached hydrogens (primary N) is 1. The first-order valence-electron chi connectivity index (χ1n) is 5.64. The molecular formula is C11H21N3. The molecular weight excluding hydrogens is 174 g/mol. The van der Waals surface area contributed by atoms with Crippen LogP contribution in [0.1, 0.15) is 45.4 Å². The van der Waals surface area contributed by atoms with Gasteiger partial charge in [-0.3, -0.25) is 0 Å². The van der Waals surface area contributed by atoms with Crippen LogP contribution in [0.4, 0.5) is 0 Å². The number of nitrogens with zero attached hydrogens (tertiary/aromatic N) is 1. The second-order valence-electron chi connectivity index (χ2n) is 4.25. The Balaban J connectivity index is 2.25. The molecule has 0 aromatic carbocycles. The maximum absolute atomic E-state index is 8.63. The molecule has 0 saturated heterocycles. The van der Waals surface area contributed by atoms with Gasteiger partial charge >= 0.3 is 0 Å². The van der Waals surface area contributed by atoms with Crippen molar-refractivity contribution in [1.82, 2.24) is 5.32 Å². The third-order valence-electron chi connectivity index (χ3n) is 3.07. The second kappa shape index (κ2) is 6.00. The topological polar surface area (TPSA) is 61.8 Å². The molecule has 0 aliphatic heterocycles. The number of nitriles is 1. The van der Waals surface area contributed by atoms with Crippen LogP contribution >= 0.6 is 0 Å². The predicted molar refractivity (Wildman–Crippen MR) is 57.7 cm³/mol. The minimum atomic E-state index is 0.374. The van der Waals surface area contributed by atoms with E-state index in [1.165, 1.54) is 12.8 Å². The lowest BCUT2D eigenvalue weighted by Crippen LogP contribution is -2.42. The molecule has 1 aliphatic rings. The maximum atomic E-state index is 8.63. The van der Waals surface area contributed by atoms with Crippen molar-refractivity contribution in [3.8, 4) is 6.07 Å². The fourth-order valence-corrected chi connectivity index (χ4v) is 2.05. The largest absolute Gasteiger partial charge is 0.328 e. The predicted octanol–water partition coefficient (Wildman–Crippen LogP) is 1.54. The van der Waals surface area contributed by atoms with Crippen LogP contribution in [0.3, 0.4) is 0 Å². The highest BCUT2D eigenvalue weighted by molar-refractivity contribution is 4.85. The normalized spacial score (nSPS) is 29.5. The monoisotopic (exact) mass is 195 g/mol. The van der Waals surface area contributed by atoms with Crippen LogP contribution in [0.25, 0.3) is 0 Å². The summed E-state index contributed by atoms with van der Waals surface area (Å²) in [4.78, 5) is 0. The van der Waals surface area contributed by atoms with Crippen LogP contribution in [-0.2, 0) is 0 Å². The smallest absolute Gasteiger partial charge is 0.0638 e. The van der Waals surface area contributed by atoms with Crippen LogP contribution in [0.5, 0.6) is 0 Å². The summed E-state index contributed by atoms with van der Waals surface area (Å²) < 4.78 is 0. The summed E-state index contributed by atoms with van der Waals surface area (Å²) in [5, 5.41) is 12.2. The molecule has 3 nitrogen and oxygen atoms in total. The average molecular weight is 195 g/mol. The van der Waals surface area contributed by atoms with E-state index in [-0.39, 0.29) is 0 Å². The molecule has 0 aromatic heterocycles. The second-order valence-corrected chi connectivity index (χ2v) is 4.25. The zero-order valence-corrected chi connectivity index (χ0v) is 9.00. The van der Waals surface area contributed by atoms with Gasteiger partial charge in [-0.1, -0.05) is 6.92 Å². The van der Waals surface area contributed by atoms with Gasteiger partial charge in [0.2, 0.25) is 0 Å². The van der Waals surface area contributed by atoms with Gasteiger partial charge in [0.05, 0.1) is 12.5 Å². The Kier molecular flexibility index (Phi) is 4.92. The van der Waals surface area contributed by atoms with E-state index in [2.05, 4.69) is 18.3 Å². The van der Waals surface area contributed by atoms with E-state index in [4.69, 9.17) is 11.0 Å². The lowest BCUT2D eigenvalue weighted by molar-refractivity contribution is 0.311. The van der Waals surface area contributed by atoms with Crippen molar-refractivity contribution in [2.75, 3.05) is 0 Å². The minimum absolute atomic E-state index is 0.374. The highest BCUT2D eigenvalue weighted by atomic mass is 15.0. The Morgan fingerprint density at radius 3 is 2.57 bits per heavy atom. The average Bonchev–Trinajstić information content (AvgIpc) is 2.20. The van der Waals surface area contributed by atoms with E-state index in [0.29, 0.717) is 24.5 Å². The fraction of sp³-hybridized carbons (Fsp3) is 0.909. The summed E-state index contributed by atoms with van der Waals surface area (Å²) in [7, 11) is 0. The van der Waals surface area contributed by atoms with Crippen molar-refractivity contribution >= 4 is 0 Å². The van der Waals surface area contributed by atoms with Crippen molar-refractivity contribution in [3.63, 3.8) is 0 Å². The number of hydrogen-bond acceptors (Lipinski definition) is 3. The molecule has 1 atom stereocenters. The standard InChI is InChI=1S/C11H21N3/c1-2-10(7-8-12)14-11-5-3-9(13)4-6-11/h9-11,14H,2-7,13H2,1H3. The highest BCUT2D eigenvalue weighted by Crippen LogP contribution is 2.18. The summed E-state index contributed by atoms with van der Waals surface area (Å²) in [5.74, 6) is 0. The van der Waals surface area contributed by atoms with E-state index in [1.54, 1.807) is 0 Å². The first kappa shape index (κ1) is 11.5.